The first-order chi connectivity index (χ1) is 20.2. The van der Waals surface area contributed by atoms with Gasteiger partial charge in [-0.1, -0.05) is 42.6 Å². The van der Waals surface area contributed by atoms with Gasteiger partial charge in [0.05, 0.1) is 17.1 Å². The van der Waals surface area contributed by atoms with E-state index in [1.807, 2.05) is 19.9 Å². The average molecular weight is 630 g/mol. The number of carbonyl (C=O) groups excluding carboxylic acids is 2. The molecule has 10 nitrogen and oxygen atoms in total. The van der Waals surface area contributed by atoms with Crippen LogP contribution in [0.5, 0.6) is 5.75 Å². The second-order valence-electron chi connectivity index (χ2n) is 10.2. The Kier molecular flexibility index (Phi) is 12.2. The van der Waals surface area contributed by atoms with Gasteiger partial charge in [-0.05, 0) is 92.7 Å². The fourth-order valence-electron chi connectivity index (χ4n) is 4.87. The highest BCUT2D eigenvalue weighted by Gasteiger charge is 2.29. The van der Waals surface area contributed by atoms with Gasteiger partial charge in [-0.15, -0.1) is 12.4 Å². The molecule has 0 radical (unpaired) electrons. The number of anilines is 2. The molecule has 0 aliphatic carbocycles. The quantitative estimate of drug-likeness (QED) is 0.176. The van der Waals surface area contributed by atoms with Crippen molar-refractivity contribution in [3.05, 3.63) is 83.4 Å². The van der Waals surface area contributed by atoms with Gasteiger partial charge in [-0.3, -0.25) is 9.59 Å². The summed E-state index contributed by atoms with van der Waals surface area (Å²) in [6.45, 7) is 6.23. The predicted octanol–water partition coefficient (Wildman–Crippen LogP) is 3.85. The van der Waals surface area contributed by atoms with Crippen molar-refractivity contribution in [1.82, 2.24) is 16.0 Å². The molecule has 0 aromatic heterocycles. The molecule has 0 saturated carbocycles. The second-order valence-corrected chi connectivity index (χ2v) is 11.9. The van der Waals surface area contributed by atoms with Gasteiger partial charge in [0.1, 0.15) is 0 Å². The Balaban J connectivity index is 0.00000506. The summed E-state index contributed by atoms with van der Waals surface area (Å²) in [4.78, 5) is 30.9. The predicted molar refractivity (Wildman–Crippen MR) is 171 cm³/mol. The smallest absolute Gasteiger partial charge is 0.295 e. The second kappa shape index (κ2) is 15.6. The van der Waals surface area contributed by atoms with Gasteiger partial charge >= 0.3 is 0 Å². The summed E-state index contributed by atoms with van der Waals surface area (Å²) >= 11 is 0. The molecule has 5 N–H and O–H groups in total. The molecule has 1 fully saturated rings. The fourth-order valence-corrected chi connectivity index (χ4v) is 6.12. The summed E-state index contributed by atoms with van der Waals surface area (Å²) in [5, 5.41) is 8.75. The third-order valence-electron chi connectivity index (χ3n) is 7.38. The number of hydrogen-bond acceptors (Lipinski definition) is 7. The van der Waals surface area contributed by atoms with Crippen LogP contribution in [0.3, 0.4) is 0 Å². The van der Waals surface area contributed by atoms with Crippen LogP contribution >= 0.6 is 12.4 Å². The number of amides is 2. The zero-order valence-corrected chi connectivity index (χ0v) is 26.1. The van der Waals surface area contributed by atoms with E-state index in [1.54, 1.807) is 36.4 Å². The van der Waals surface area contributed by atoms with E-state index in [0.717, 1.165) is 47.9 Å². The van der Waals surface area contributed by atoms with E-state index < -0.39 is 15.9 Å². The van der Waals surface area contributed by atoms with Crippen LogP contribution in [0, 0.1) is 5.92 Å². The van der Waals surface area contributed by atoms with E-state index in [0.29, 0.717) is 36.0 Å². The molecule has 0 spiro atoms. The highest BCUT2D eigenvalue weighted by atomic mass is 35.5. The Morgan fingerprint density at radius 2 is 1.63 bits per heavy atom. The summed E-state index contributed by atoms with van der Waals surface area (Å²) in [7, 11) is -4.22. The lowest BCUT2D eigenvalue weighted by atomic mass is 9.98. The highest BCUT2D eigenvalue weighted by molar-refractivity contribution is 7.92. The molecule has 2 amide bonds. The van der Waals surface area contributed by atoms with Crippen LogP contribution in [-0.4, -0.2) is 46.4 Å². The topological polar surface area (TPSA) is 143 Å². The SMILES string of the molecule is CCc1ccc(ON(c2ccccc2)S(=O)(=O)c2ccc(C(=O)NCC(=O)NCC3CCNCC3)cc2)c(CC)c1N.Cl. The number of hydrogen-bond donors (Lipinski definition) is 4. The van der Waals surface area contributed by atoms with Crippen LogP contribution in [0.1, 0.15) is 48.2 Å². The summed E-state index contributed by atoms with van der Waals surface area (Å²) in [6.07, 6.45) is 3.31. The highest BCUT2D eigenvalue weighted by Crippen LogP contribution is 2.33. The number of piperidine rings is 1. The summed E-state index contributed by atoms with van der Waals surface area (Å²) < 4.78 is 28.6. The molecule has 0 atom stereocenters. The molecule has 1 heterocycles. The standard InChI is InChI=1S/C31H39N5O5S.ClH/c1-3-23-12-15-28(27(4-2)30(23)32)41-36(25-8-6-5-7-9-25)42(39,40)26-13-10-24(11-14-26)31(38)35-21-29(37)34-20-22-16-18-33-19-17-22;/h5-15,22,33H,3-4,16-21,32H2,1-2H3,(H,34,37)(H,35,38);1H. The number of nitrogens with two attached hydrogens (primary N) is 1. The normalized spacial score (nSPS) is 13.4. The van der Waals surface area contributed by atoms with E-state index >= 15 is 0 Å². The molecule has 0 bridgehead atoms. The number of carbonyl (C=O) groups is 2. The van der Waals surface area contributed by atoms with E-state index in [4.69, 9.17) is 10.6 Å². The molecular weight excluding hydrogens is 590 g/mol. The summed E-state index contributed by atoms with van der Waals surface area (Å²) in [6, 6.07) is 17.5. The maximum atomic E-state index is 13.9. The third-order valence-corrected chi connectivity index (χ3v) is 8.97. The fraction of sp³-hybridized carbons (Fsp3) is 0.355. The minimum Gasteiger partial charge on any atom is -0.398 e. The lowest BCUT2D eigenvalue weighted by Gasteiger charge is -2.26. The van der Waals surface area contributed by atoms with Crippen LogP contribution < -0.4 is 31.0 Å². The molecule has 4 rings (SSSR count). The number of aryl methyl sites for hydroxylation is 1. The van der Waals surface area contributed by atoms with Gasteiger partial charge in [0.25, 0.3) is 15.9 Å². The first-order valence-electron chi connectivity index (χ1n) is 14.3. The van der Waals surface area contributed by atoms with Crippen LogP contribution in [0.25, 0.3) is 0 Å². The Hall–Kier alpha value is -3.80. The first kappa shape index (κ1) is 33.7. The molecule has 12 heteroatoms. The van der Waals surface area contributed by atoms with Crippen molar-refractivity contribution >= 4 is 45.6 Å². The van der Waals surface area contributed by atoms with Gasteiger partial charge in [0.15, 0.2) is 5.75 Å². The van der Waals surface area contributed by atoms with Crippen LogP contribution in [0.4, 0.5) is 11.4 Å². The lowest BCUT2D eigenvalue weighted by Crippen LogP contribution is -2.40. The maximum absolute atomic E-state index is 13.9. The molecule has 1 aliphatic heterocycles. The van der Waals surface area contributed by atoms with Crippen molar-refractivity contribution < 1.29 is 22.8 Å². The van der Waals surface area contributed by atoms with Crippen molar-refractivity contribution in [3.8, 4) is 5.75 Å². The lowest BCUT2D eigenvalue weighted by molar-refractivity contribution is -0.120. The minimum atomic E-state index is -4.22. The Morgan fingerprint density at radius 1 is 0.953 bits per heavy atom. The zero-order valence-electron chi connectivity index (χ0n) is 24.5. The van der Waals surface area contributed by atoms with Crippen LogP contribution in [0.15, 0.2) is 71.6 Å². The third kappa shape index (κ3) is 8.40. The Bertz CT molecular complexity index is 1480. The van der Waals surface area contributed by atoms with Crippen molar-refractivity contribution in [1.29, 1.82) is 0 Å². The maximum Gasteiger partial charge on any atom is 0.295 e. The largest absolute Gasteiger partial charge is 0.398 e. The van der Waals surface area contributed by atoms with Gasteiger partial charge in [-0.25, -0.2) is 0 Å². The number of rotatable bonds is 12. The number of nitrogens with one attached hydrogen (secondary N) is 3. The molecule has 43 heavy (non-hydrogen) atoms. The van der Waals surface area contributed by atoms with Gasteiger partial charge in [0.2, 0.25) is 5.91 Å². The number of halogens is 1. The van der Waals surface area contributed by atoms with E-state index in [9.17, 15) is 18.0 Å². The van der Waals surface area contributed by atoms with Crippen LogP contribution in [0.2, 0.25) is 0 Å². The molecule has 3 aromatic rings. The molecule has 1 aliphatic rings. The number of para-hydroxylation sites is 1. The van der Waals surface area contributed by atoms with Crippen molar-refractivity contribution in [2.24, 2.45) is 5.92 Å². The van der Waals surface area contributed by atoms with Gasteiger partial charge < -0.3 is 26.5 Å². The Morgan fingerprint density at radius 3 is 2.26 bits per heavy atom. The molecule has 3 aromatic carbocycles. The van der Waals surface area contributed by atoms with E-state index in [1.165, 1.54) is 24.3 Å². The van der Waals surface area contributed by atoms with Gasteiger partial charge in [0, 0.05) is 23.4 Å². The Labute approximate surface area is 259 Å². The number of nitrogens with zero attached hydrogens (tertiary/aromatic N) is 1. The number of benzene rings is 3. The number of nitrogen functional groups attached to an aromatic ring is 1. The van der Waals surface area contributed by atoms with Gasteiger partial charge in [-0.2, -0.15) is 8.42 Å². The summed E-state index contributed by atoms with van der Waals surface area (Å²) in [5.41, 5.74) is 9.15. The molecule has 0 unspecified atom stereocenters. The van der Waals surface area contributed by atoms with Crippen molar-refractivity contribution in [2.75, 3.05) is 36.4 Å². The molecular formula is C31H40ClN5O5S. The minimum absolute atomic E-state index is 0. The van der Waals surface area contributed by atoms with E-state index in [-0.39, 0.29) is 35.3 Å². The van der Waals surface area contributed by atoms with Crippen molar-refractivity contribution in [2.45, 2.75) is 44.4 Å². The average Bonchev–Trinajstić information content (AvgIpc) is 3.02. The van der Waals surface area contributed by atoms with Crippen LogP contribution in [-0.2, 0) is 27.7 Å². The number of sulfonamides is 1. The zero-order chi connectivity index (χ0) is 30.1. The molecule has 1 saturated heterocycles. The van der Waals surface area contributed by atoms with Crippen molar-refractivity contribution in [3.63, 3.8) is 0 Å². The van der Waals surface area contributed by atoms with E-state index in [2.05, 4.69) is 16.0 Å². The monoisotopic (exact) mass is 629 g/mol. The summed E-state index contributed by atoms with van der Waals surface area (Å²) in [5.74, 6) is 0.0255. The molecule has 232 valence electrons. The first-order valence-corrected chi connectivity index (χ1v) is 15.7.